The van der Waals surface area contributed by atoms with Gasteiger partial charge in [0.05, 0.1) is 17.7 Å². The van der Waals surface area contributed by atoms with Crippen LogP contribution in [0.4, 0.5) is 5.69 Å². The summed E-state index contributed by atoms with van der Waals surface area (Å²) in [4.78, 5) is 28.4. The number of methoxy groups -OCH3 is 1. The molecule has 214 valence electrons. The van der Waals surface area contributed by atoms with Crippen molar-refractivity contribution in [3.05, 3.63) is 88.9 Å². The number of sulfonamides is 1. The van der Waals surface area contributed by atoms with E-state index in [4.69, 9.17) is 16.3 Å². The summed E-state index contributed by atoms with van der Waals surface area (Å²) in [5, 5.41) is 3.41. The molecule has 0 radical (unpaired) electrons. The molecule has 0 spiro atoms. The Balaban J connectivity index is 2.01. The molecule has 0 aliphatic carbocycles. The van der Waals surface area contributed by atoms with Gasteiger partial charge in [0.15, 0.2) is 0 Å². The molecule has 0 saturated heterocycles. The van der Waals surface area contributed by atoms with E-state index >= 15 is 0 Å². The van der Waals surface area contributed by atoms with E-state index in [0.717, 1.165) is 15.4 Å². The molecule has 0 aliphatic heterocycles. The average molecular weight is 586 g/mol. The van der Waals surface area contributed by atoms with Gasteiger partial charge in [0, 0.05) is 18.1 Å². The van der Waals surface area contributed by atoms with E-state index in [1.54, 1.807) is 67.6 Å². The van der Waals surface area contributed by atoms with E-state index in [0.29, 0.717) is 17.3 Å². The van der Waals surface area contributed by atoms with Gasteiger partial charge in [-0.1, -0.05) is 55.3 Å². The largest absolute Gasteiger partial charge is 0.497 e. The predicted octanol–water partition coefficient (Wildman–Crippen LogP) is 5.04. The second-order valence-corrected chi connectivity index (χ2v) is 12.3. The lowest BCUT2D eigenvalue weighted by molar-refractivity contribution is -0.139. The van der Waals surface area contributed by atoms with Gasteiger partial charge in [-0.3, -0.25) is 13.9 Å². The van der Waals surface area contributed by atoms with Crippen LogP contribution in [-0.2, 0) is 26.2 Å². The third-order valence-corrected chi connectivity index (χ3v) is 8.41. The number of rotatable bonds is 12. The Morgan fingerprint density at radius 2 is 1.52 bits per heavy atom. The quantitative estimate of drug-likeness (QED) is 0.321. The van der Waals surface area contributed by atoms with Crippen LogP contribution in [0.2, 0.25) is 5.02 Å². The van der Waals surface area contributed by atoms with Crippen LogP contribution in [0.3, 0.4) is 0 Å². The number of carbonyl (C=O) groups is 2. The molecule has 0 saturated carbocycles. The molecule has 8 nitrogen and oxygen atoms in total. The summed E-state index contributed by atoms with van der Waals surface area (Å²) in [5.74, 6) is -0.0913. The molecule has 3 aromatic rings. The fraction of sp³-hybridized carbons (Fsp3) is 0.333. The zero-order valence-corrected chi connectivity index (χ0v) is 25.0. The van der Waals surface area contributed by atoms with Crippen LogP contribution >= 0.6 is 11.6 Å². The molecule has 0 fully saturated rings. The minimum Gasteiger partial charge on any atom is -0.497 e. The SMILES string of the molecule is COc1ccc(N(CC(=O)N(Cc2ccc(Cl)cc2)[C@@H](C)C(=O)NCC(C)C)S(=O)(=O)c2ccc(C)cc2)cc1. The van der Waals surface area contributed by atoms with E-state index in [1.165, 1.54) is 24.1 Å². The monoisotopic (exact) mass is 585 g/mol. The van der Waals surface area contributed by atoms with Gasteiger partial charge in [0.25, 0.3) is 10.0 Å². The van der Waals surface area contributed by atoms with Gasteiger partial charge in [-0.05, 0) is 73.9 Å². The fourth-order valence-electron chi connectivity index (χ4n) is 3.94. The van der Waals surface area contributed by atoms with Crippen LogP contribution in [0.1, 0.15) is 31.9 Å². The highest BCUT2D eigenvalue weighted by Gasteiger charge is 2.32. The fourth-order valence-corrected chi connectivity index (χ4v) is 5.48. The van der Waals surface area contributed by atoms with Crippen molar-refractivity contribution in [3.63, 3.8) is 0 Å². The molecule has 3 rings (SSSR count). The number of anilines is 1. The number of benzene rings is 3. The Morgan fingerprint density at radius 1 is 0.925 bits per heavy atom. The maximum absolute atomic E-state index is 13.9. The van der Waals surface area contributed by atoms with Crippen molar-refractivity contribution >= 4 is 39.1 Å². The van der Waals surface area contributed by atoms with Crippen molar-refractivity contribution in [1.82, 2.24) is 10.2 Å². The molecule has 0 unspecified atom stereocenters. The molecule has 3 aromatic carbocycles. The Kier molecular flexibility index (Phi) is 10.6. The number of hydrogen-bond donors (Lipinski definition) is 1. The molecule has 0 bridgehead atoms. The lowest BCUT2D eigenvalue weighted by Crippen LogP contribution is -2.51. The lowest BCUT2D eigenvalue weighted by Gasteiger charge is -2.32. The first-order chi connectivity index (χ1) is 18.9. The molecular weight excluding hydrogens is 550 g/mol. The van der Waals surface area contributed by atoms with Crippen molar-refractivity contribution in [2.45, 2.75) is 45.2 Å². The number of carbonyl (C=O) groups excluding carboxylic acids is 2. The van der Waals surface area contributed by atoms with Crippen molar-refractivity contribution in [3.8, 4) is 5.75 Å². The van der Waals surface area contributed by atoms with E-state index in [9.17, 15) is 18.0 Å². The predicted molar refractivity (Wildman–Crippen MR) is 158 cm³/mol. The first-order valence-corrected chi connectivity index (χ1v) is 14.8. The number of amides is 2. The Labute approximate surface area is 241 Å². The minimum atomic E-state index is -4.14. The van der Waals surface area contributed by atoms with E-state index in [1.807, 2.05) is 20.8 Å². The number of aryl methyl sites for hydroxylation is 1. The highest BCUT2D eigenvalue weighted by Crippen LogP contribution is 2.27. The lowest BCUT2D eigenvalue weighted by atomic mass is 10.1. The molecule has 0 aromatic heterocycles. The number of ether oxygens (including phenoxy) is 1. The summed E-state index contributed by atoms with van der Waals surface area (Å²) in [6, 6.07) is 18.9. The summed E-state index contributed by atoms with van der Waals surface area (Å²) in [5.41, 5.74) is 1.94. The zero-order valence-electron chi connectivity index (χ0n) is 23.4. The minimum absolute atomic E-state index is 0.0497. The average Bonchev–Trinajstić information content (AvgIpc) is 2.94. The van der Waals surface area contributed by atoms with Gasteiger partial charge in [-0.25, -0.2) is 8.42 Å². The molecular formula is C30H36ClN3O5S. The third kappa shape index (κ3) is 7.99. The van der Waals surface area contributed by atoms with Crippen molar-refractivity contribution in [1.29, 1.82) is 0 Å². The molecule has 1 N–H and O–H groups in total. The van der Waals surface area contributed by atoms with Crippen molar-refractivity contribution in [2.75, 3.05) is 24.5 Å². The molecule has 0 heterocycles. The van der Waals surface area contributed by atoms with Crippen LogP contribution in [0.25, 0.3) is 0 Å². The molecule has 10 heteroatoms. The second kappa shape index (κ2) is 13.7. The summed E-state index contributed by atoms with van der Waals surface area (Å²) in [6.45, 7) is 7.48. The highest BCUT2D eigenvalue weighted by atomic mass is 35.5. The summed E-state index contributed by atoms with van der Waals surface area (Å²) in [7, 11) is -2.62. The normalized spacial score (nSPS) is 12.1. The molecule has 2 amide bonds. The summed E-state index contributed by atoms with van der Waals surface area (Å²) in [6.07, 6.45) is 0. The smallest absolute Gasteiger partial charge is 0.264 e. The highest BCUT2D eigenvalue weighted by molar-refractivity contribution is 7.92. The Bertz CT molecular complexity index is 1390. The maximum Gasteiger partial charge on any atom is 0.264 e. The summed E-state index contributed by atoms with van der Waals surface area (Å²) >= 11 is 6.04. The van der Waals surface area contributed by atoms with Gasteiger partial charge >= 0.3 is 0 Å². The van der Waals surface area contributed by atoms with E-state index < -0.39 is 28.5 Å². The van der Waals surface area contributed by atoms with Crippen molar-refractivity contribution in [2.24, 2.45) is 5.92 Å². The number of nitrogens with zero attached hydrogens (tertiary/aromatic N) is 2. The third-order valence-electron chi connectivity index (χ3n) is 6.37. The molecule has 40 heavy (non-hydrogen) atoms. The summed E-state index contributed by atoms with van der Waals surface area (Å²) < 4.78 is 34.0. The molecule has 0 aliphatic rings. The standard InChI is InChI=1S/C30H36ClN3O5S/c1-21(2)18-32-30(36)23(4)33(19-24-8-10-25(31)11-9-24)29(35)20-34(26-12-14-27(39-5)15-13-26)40(37,38)28-16-6-22(3)7-17-28/h6-17,21,23H,18-20H2,1-5H3,(H,32,36)/t23-/m0/s1. The first kappa shape index (κ1) is 31.0. The van der Waals surface area contributed by atoms with Crippen LogP contribution in [-0.4, -0.2) is 51.4 Å². The Morgan fingerprint density at radius 3 is 2.08 bits per heavy atom. The first-order valence-electron chi connectivity index (χ1n) is 13.0. The van der Waals surface area contributed by atoms with Gasteiger partial charge in [0.1, 0.15) is 18.3 Å². The van der Waals surface area contributed by atoms with Gasteiger partial charge < -0.3 is 15.0 Å². The Hall–Kier alpha value is -3.56. The maximum atomic E-state index is 13.9. The van der Waals surface area contributed by atoms with Crippen molar-refractivity contribution < 1.29 is 22.7 Å². The van der Waals surface area contributed by atoms with Crippen LogP contribution in [0.15, 0.2) is 77.7 Å². The van der Waals surface area contributed by atoms with E-state index in [2.05, 4.69) is 5.32 Å². The van der Waals surface area contributed by atoms with Crippen LogP contribution < -0.4 is 14.4 Å². The zero-order chi connectivity index (χ0) is 29.4. The second-order valence-electron chi connectivity index (χ2n) is 9.99. The number of hydrogen-bond acceptors (Lipinski definition) is 5. The van der Waals surface area contributed by atoms with Crippen LogP contribution in [0.5, 0.6) is 5.75 Å². The topological polar surface area (TPSA) is 96.0 Å². The van der Waals surface area contributed by atoms with E-state index in [-0.39, 0.29) is 29.0 Å². The van der Waals surface area contributed by atoms with Crippen LogP contribution in [0, 0.1) is 12.8 Å². The van der Waals surface area contributed by atoms with Gasteiger partial charge in [-0.15, -0.1) is 0 Å². The number of halogens is 1. The van der Waals surface area contributed by atoms with Gasteiger partial charge in [0.2, 0.25) is 11.8 Å². The van der Waals surface area contributed by atoms with Gasteiger partial charge in [-0.2, -0.15) is 0 Å². The number of nitrogens with one attached hydrogen (secondary N) is 1. The molecule has 1 atom stereocenters.